The highest BCUT2D eigenvalue weighted by Crippen LogP contribution is 2.33. The van der Waals surface area contributed by atoms with Gasteiger partial charge in [-0.3, -0.25) is 9.69 Å². The van der Waals surface area contributed by atoms with Crippen LogP contribution in [-0.4, -0.2) is 48.7 Å². The van der Waals surface area contributed by atoms with Gasteiger partial charge in [-0.1, -0.05) is 0 Å². The van der Waals surface area contributed by atoms with Crippen LogP contribution in [0.25, 0.3) is 0 Å². The van der Waals surface area contributed by atoms with Crippen molar-refractivity contribution in [3.05, 3.63) is 42.1 Å². The van der Waals surface area contributed by atoms with Crippen molar-refractivity contribution in [2.75, 3.05) is 26.1 Å². The molecule has 0 saturated carbocycles. The molecule has 3 rings (SSSR count). The summed E-state index contributed by atoms with van der Waals surface area (Å²) in [6, 6.07) is 5.56. The number of ether oxygens (including phenoxy) is 3. The summed E-state index contributed by atoms with van der Waals surface area (Å²) in [5.74, 6) is -0.0316. The molecule has 8 nitrogen and oxygen atoms in total. The molecule has 1 N–H and O–H groups in total. The normalized spacial score (nSPS) is 16.4. The van der Waals surface area contributed by atoms with E-state index >= 15 is 0 Å². The molecule has 0 radical (unpaired) electrons. The zero-order chi connectivity index (χ0) is 21.2. The molecular formula is C18H16F3N3O5. The fraction of sp³-hybridized carbons (Fsp3) is 0.278. The number of pyridine rings is 1. The average molecular weight is 411 g/mol. The second-order valence-corrected chi connectivity index (χ2v) is 6.04. The zero-order valence-corrected chi connectivity index (χ0v) is 15.3. The van der Waals surface area contributed by atoms with E-state index in [2.05, 4.69) is 10.3 Å². The fourth-order valence-corrected chi connectivity index (χ4v) is 2.54. The number of anilines is 1. The molecule has 0 aliphatic carbocycles. The molecule has 0 spiro atoms. The summed E-state index contributed by atoms with van der Waals surface area (Å²) >= 11 is 0. The highest BCUT2D eigenvalue weighted by atomic mass is 19.4. The summed E-state index contributed by atoms with van der Waals surface area (Å²) in [5, 5.41) is 2.62. The van der Waals surface area contributed by atoms with Gasteiger partial charge in [-0.05, 0) is 18.2 Å². The number of likely N-dealkylation sites (N-methyl/N-ethyl adjacent to an activating group) is 1. The first-order valence-corrected chi connectivity index (χ1v) is 8.28. The van der Waals surface area contributed by atoms with Crippen LogP contribution in [0.4, 0.5) is 23.7 Å². The third kappa shape index (κ3) is 4.50. The van der Waals surface area contributed by atoms with Crippen molar-refractivity contribution < 1.29 is 37.0 Å². The number of hydrogen-bond donors (Lipinski definition) is 1. The maximum Gasteiger partial charge on any atom is 0.417 e. The van der Waals surface area contributed by atoms with Gasteiger partial charge in [-0.15, -0.1) is 0 Å². The van der Waals surface area contributed by atoms with Crippen molar-refractivity contribution in [3.8, 4) is 17.4 Å². The average Bonchev–Trinajstić information content (AvgIpc) is 3.00. The van der Waals surface area contributed by atoms with Crippen molar-refractivity contribution in [1.29, 1.82) is 0 Å². The smallest absolute Gasteiger partial charge is 0.417 e. The Hall–Kier alpha value is -3.50. The summed E-state index contributed by atoms with van der Waals surface area (Å²) in [5.41, 5.74) is -0.653. The molecule has 154 valence electrons. The van der Waals surface area contributed by atoms with E-state index in [4.69, 9.17) is 14.2 Å². The molecule has 1 aromatic heterocycles. The lowest BCUT2D eigenvalue weighted by Crippen LogP contribution is -2.40. The highest BCUT2D eigenvalue weighted by Gasteiger charge is 2.35. The molecule has 1 saturated heterocycles. The monoisotopic (exact) mass is 411 g/mol. The predicted octanol–water partition coefficient (Wildman–Crippen LogP) is 3.29. The Balaban J connectivity index is 1.76. The number of rotatable bonds is 5. The number of cyclic esters (lactones) is 1. The number of methoxy groups -OCH3 is 1. The van der Waals surface area contributed by atoms with Gasteiger partial charge in [0.25, 0.3) is 5.91 Å². The van der Waals surface area contributed by atoms with Crippen LogP contribution in [0.2, 0.25) is 0 Å². The first-order valence-electron chi connectivity index (χ1n) is 8.28. The Kier molecular flexibility index (Phi) is 5.48. The van der Waals surface area contributed by atoms with Crippen molar-refractivity contribution >= 4 is 17.7 Å². The molecule has 2 aromatic rings. The van der Waals surface area contributed by atoms with Crippen LogP contribution in [0.5, 0.6) is 17.4 Å². The first-order chi connectivity index (χ1) is 13.7. The molecule has 1 unspecified atom stereocenters. The Bertz CT molecular complexity index is 918. The van der Waals surface area contributed by atoms with Crippen LogP contribution in [0.3, 0.4) is 0 Å². The van der Waals surface area contributed by atoms with Crippen LogP contribution >= 0.6 is 0 Å². The molecule has 2 amide bonds. The maximum atomic E-state index is 12.6. The van der Waals surface area contributed by atoms with Crippen molar-refractivity contribution in [2.24, 2.45) is 0 Å². The molecule has 11 heteroatoms. The van der Waals surface area contributed by atoms with Gasteiger partial charge >= 0.3 is 12.3 Å². The molecule has 0 bridgehead atoms. The number of aromatic nitrogens is 1. The van der Waals surface area contributed by atoms with Crippen LogP contribution in [0, 0.1) is 0 Å². The zero-order valence-electron chi connectivity index (χ0n) is 15.3. The third-order valence-electron chi connectivity index (χ3n) is 4.14. The SMILES string of the molecule is COc1ccc(Oc2ccc(C(F)(F)F)cn2)cc1NC(=O)C1COC(=O)N1C. The number of carbonyl (C=O) groups excluding carboxylic acids is 2. The molecular weight excluding hydrogens is 395 g/mol. The minimum Gasteiger partial charge on any atom is -0.495 e. The highest BCUT2D eigenvalue weighted by molar-refractivity contribution is 5.98. The van der Waals surface area contributed by atoms with Gasteiger partial charge in [-0.2, -0.15) is 13.2 Å². The van der Waals surface area contributed by atoms with Gasteiger partial charge in [0.2, 0.25) is 5.88 Å². The quantitative estimate of drug-likeness (QED) is 0.812. The summed E-state index contributed by atoms with van der Waals surface area (Å²) in [4.78, 5) is 28.6. The minimum absolute atomic E-state index is 0.0602. The van der Waals surface area contributed by atoms with Crippen LogP contribution in [0.15, 0.2) is 36.5 Å². The van der Waals surface area contributed by atoms with E-state index in [9.17, 15) is 22.8 Å². The number of halogens is 3. The van der Waals surface area contributed by atoms with Crippen LogP contribution in [0.1, 0.15) is 5.56 Å². The number of benzene rings is 1. The van der Waals surface area contributed by atoms with E-state index in [1.54, 1.807) is 0 Å². The Morgan fingerprint density at radius 3 is 2.62 bits per heavy atom. The number of amides is 2. The van der Waals surface area contributed by atoms with Crippen molar-refractivity contribution in [2.45, 2.75) is 12.2 Å². The number of hydrogen-bond acceptors (Lipinski definition) is 6. The van der Waals surface area contributed by atoms with Gasteiger partial charge in [0.05, 0.1) is 18.4 Å². The van der Waals surface area contributed by atoms with E-state index < -0.39 is 29.8 Å². The first kappa shape index (κ1) is 20.2. The van der Waals surface area contributed by atoms with Crippen molar-refractivity contribution in [1.82, 2.24) is 9.88 Å². The number of alkyl halides is 3. The lowest BCUT2D eigenvalue weighted by molar-refractivity contribution is -0.137. The lowest BCUT2D eigenvalue weighted by Gasteiger charge is -2.17. The Labute approximate surface area is 163 Å². The van der Waals surface area contributed by atoms with Crippen molar-refractivity contribution in [3.63, 3.8) is 0 Å². The Morgan fingerprint density at radius 1 is 1.31 bits per heavy atom. The fourth-order valence-electron chi connectivity index (χ4n) is 2.54. The standard InChI is InChI=1S/C18H16F3N3O5/c1-24-13(9-28-17(24)26)16(25)23-12-7-11(4-5-14(12)27-2)29-15-6-3-10(8-22-15)18(19,20)21/h3-8,13H,9H2,1-2H3,(H,23,25). The predicted molar refractivity (Wildman–Crippen MR) is 93.8 cm³/mol. The van der Waals surface area contributed by atoms with E-state index in [1.165, 1.54) is 32.4 Å². The second-order valence-electron chi connectivity index (χ2n) is 6.04. The molecule has 29 heavy (non-hydrogen) atoms. The summed E-state index contributed by atoms with van der Waals surface area (Å²) in [6.45, 7) is -0.0881. The summed E-state index contributed by atoms with van der Waals surface area (Å²) < 4.78 is 53.3. The Morgan fingerprint density at radius 2 is 2.07 bits per heavy atom. The molecule has 1 aliphatic heterocycles. The van der Waals surface area contributed by atoms with Gasteiger partial charge < -0.3 is 19.5 Å². The van der Waals surface area contributed by atoms with Gasteiger partial charge in [-0.25, -0.2) is 9.78 Å². The maximum absolute atomic E-state index is 12.6. The van der Waals surface area contributed by atoms with E-state index in [0.29, 0.717) is 11.9 Å². The van der Waals surface area contributed by atoms with E-state index in [-0.39, 0.29) is 23.9 Å². The van der Waals surface area contributed by atoms with E-state index in [1.807, 2.05) is 0 Å². The van der Waals surface area contributed by atoms with Gasteiger partial charge in [0.1, 0.15) is 24.1 Å². The number of nitrogens with zero attached hydrogens (tertiary/aromatic N) is 2. The largest absolute Gasteiger partial charge is 0.495 e. The molecule has 1 aliphatic rings. The minimum atomic E-state index is -4.50. The molecule has 1 atom stereocenters. The van der Waals surface area contributed by atoms with Gasteiger partial charge in [0, 0.05) is 25.4 Å². The summed E-state index contributed by atoms with van der Waals surface area (Å²) in [6.07, 6.45) is -4.45. The molecule has 1 fully saturated rings. The van der Waals surface area contributed by atoms with E-state index in [0.717, 1.165) is 17.0 Å². The van der Waals surface area contributed by atoms with Crippen LogP contribution in [-0.2, 0) is 15.7 Å². The summed E-state index contributed by atoms with van der Waals surface area (Å²) in [7, 11) is 2.84. The topological polar surface area (TPSA) is 90.0 Å². The number of nitrogens with one attached hydrogen (secondary N) is 1. The second kappa shape index (κ2) is 7.86. The third-order valence-corrected chi connectivity index (χ3v) is 4.14. The van der Waals surface area contributed by atoms with Crippen LogP contribution < -0.4 is 14.8 Å². The molecule has 1 aromatic carbocycles. The number of carbonyl (C=O) groups is 2. The lowest BCUT2D eigenvalue weighted by atomic mass is 10.2. The van der Waals surface area contributed by atoms with Gasteiger partial charge in [0.15, 0.2) is 0 Å². The molecule has 2 heterocycles.